The maximum atomic E-state index is 4.42. The fourth-order valence-corrected chi connectivity index (χ4v) is 1.90. The number of thiol groups is 1. The Hall–Kier alpha value is -0.580. The minimum Gasteiger partial charge on any atom is -0.295 e. The van der Waals surface area contributed by atoms with Gasteiger partial charge in [0.25, 0.3) is 0 Å². The average molecular weight is 223 g/mol. The molecule has 0 radical (unpaired) electrons. The molecule has 0 aromatic carbocycles. The maximum Gasteiger partial charge on any atom is 0.0544 e. The van der Waals surface area contributed by atoms with E-state index in [9.17, 15) is 0 Å². The number of rotatable bonds is 2. The largest absolute Gasteiger partial charge is 0.295 e. The summed E-state index contributed by atoms with van der Waals surface area (Å²) in [4.78, 5) is 6.84. The smallest absolute Gasteiger partial charge is 0.0544 e. The Kier molecular flexibility index (Phi) is 3.61. The van der Waals surface area contributed by atoms with Crippen molar-refractivity contribution in [2.24, 2.45) is 0 Å². The molecule has 0 amide bonds. The van der Waals surface area contributed by atoms with E-state index >= 15 is 0 Å². The van der Waals surface area contributed by atoms with Gasteiger partial charge in [0.1, 0.15) is 0 Å². The first-order valence-corrected chi connectivity index (χ1v) is 5.72. The summed E-state index contributed by atoms with van der Waals surface area (Å²) >= 11 is 4.33. The van der Waals surface area contributed by atoms with Crippen LogP contribution in [0, 0.1) is 6.92 Å². The third-order valence-electron chi connectivity index (χ3n) is 2.71. The Morgan fingerprint density at radius 1 is 1.27 bits per heavy atom. The fourth-order valence-electron chi connectivity index (χ4n) is 1.72. The first-order chi connectivity index (χ1) is 7.24. The lowest BCUT2D eigenvalue weighted by Gasteiger charge is -2.31. The molecule has 82 valence electrons. The SMILES string of the molecule is Cc1ccc(CN2CCN(S)CC2)nc1. The summed E-state index contributed by atoms with van der Waals surface area (Å²) in [5, 5.41) is 0. The van der Waals surface area contributed by atoms with Crippen molar-refractivity contribution >= 4 is 12.8 Å². The van der Waals surface area contributed by atoms with E-state index in [0.29, 0.717) is 0 Å². The third-order valence-corrected chi connectivity index (χ3v) is 3.11. The van der Waals surface area contributed by atoms with Crippen LogP contribution in [0.4, 0.5) is 0 Å². The van der Waals surface area contributed by atoms with Crippen LogP contribution in [-0.4, -0.2) is 40.4 Å². The molecule has 2 rings (SSSR count). The van der Waals surface area contributed by atoms with Crippen molar-refractivity contribution < 1.29 is 0 Å². The van der Waals surface area contributed by atoms with Crippen molar-refractivity contribution in [3.8, 4) is 0 Å². The van der Waals surface area contributed by atoms with Gasteiger partial charge in [-0.2, -0.15) is 0 Å². The van der Waals surface area contributed by atoms with Gasteiger partial charge in [-0.1, -0.05) is 18.9 Å². The molecule has 1 aliphatic rings. The second-order valence-electron chi connectivity index (χ2n) is 4.06. The maximum absolute atomic E-state index is 4.42. The molecule has 0 unspecified atom stereocenters. The van der Waals surface area contributed by atoms with Crippen LogP contribution in [0.25, 0.3) is 0 Å². The zero-order valence-corrected chi connectivity index (χ0v) is 9.95. The Bertz CT molecular complexity index is 304. The Labute approximate surface area is 96.6 Å². The van der Waals surface area contributed by atoms with Gasteiger partial charge in [0, 0.05) is 38.9 Å². The fraction of sp³-hybridized carbons (Fsp3) is 0.545. The summed E-state index contributed by atoms with van der Waals surface area (Å²) in [6.45, 7) is 7.26. The summed E-state index contributed by atoms with van der Waals surface area (Å²) in [7, 11) is 0. The van der Waals surface area contributed by atoms with Crippen molar-refractivity contribution in [1.82, 2.24) is 14.2 Å². The monoisotopic (exact) mass is 223 g/mol. The summed E-state index contributed by atoms with van der Waals surface area (Å²) in [5.41, 5.74) is 2.38. The zero-order valence-electron chi connectivity index (χ0n) is 9.06. The lowest BCUT2D eigenvalue weighted by Crippen LogP contribution is -2.41. The normalized spacial score (nSPS) is 19.3. The van der Waals surface area contributed by atoms with Crippen LogP contribution in [-0.2, 0) is 6.54 Å². The Balaban J connectivity index is 1.89. The molecule has 0 saturated carbocycles. The minimum absolute atomic E-state index is 0.960. The van der Waals surface area contributed by atoms with Gasteiger partial charge in [-0.15, -0.1) is 0 Å². The Morgan fingerprint density at radius 3 is 2.60 bits per heavy atom. The van der Waals surface area contributed by atoms with E-state index in [4.69, 9.17) is 0 Å². The van der Waals surface area contributed by atoms with E-state index in [1.54, 1.807) is 0 Å². The quantitative estimate of drug-likeness (QED) is 0.764. The van der Waals surface area contributed by atoms with Gasteiger partial charge in [0.05, 0.1) is 5.69 Å². The molecule has 0 bridgehead atoms. The number of piperazine rings is 1. The molecule has 1 aliphatic heterocycles. The molecular weight excluding hydrogens is 206 g/mol. The van der Waals surface area contributed by atoms with Crippen molar-refractivity contribution in [3.63, 3.8) is 0 Å². The highest BCUT2D eigenvalue weighted by atomic mass is 32.1. The first kappa shape index (κ1) is 10.9. The number of pyridine rings is 1. The van der Waals surface area contributed by atoms with Crippen molar-refractivity contribution in [2.45, 2.75) is 13.5 Å². The highest BCUT2D eigenvalue weighted by Gasteiger charge is 2.14. The van der Waals surface area contributed by atoms with Gasteiger partial charge in [-0.05, 0) is 18.6 Å². The number of nitrogens with zero attached hydrogens (tertiary/aromatic N) is 3. The van der Waals surface area contributed by atoms with Crippen LogP contribution < -0.4 is 0 Å². The number of hydrogen-bond donors (Lipinski definition) is 1. The number of aryl methyl sites for hydroxylation is 1. The molecule has 1 saturated heterocycles. The molecule has 0 atom stereocenters. The minimum atomic E-state index is 0.960. The molecule has 3 nitrogen and oxygen atoms in total. The van der Waals surface area contributed by atoms with Gasteiger partial charge >= 0.3 is 0 Å². The van der Waals surface area contributed by atoms with E-state index in [1.165, 1.54) is 5.56 Å². The van der Waals surface area contributed by atoms with E-state index in [-0.39, 0.29) is 0 Å². The third kappa shape index (κ3) is 3.19. The van der Waals surface area contributed by atoms with E-state index in [0.717, 1.165) is 38.4 Å². The molecular formula is C11H17N3S. The summed E-state index contributed by atoms with van der Waals surface area (Å²) < 4.78 is 2.07. The van der Waals surface area contributed by atoms with Crippen LogP contribution in [0.15, 0.2) is 18.3 Å². The van der Waals surface area contributed by atoms with Gasteiger partial charge in [-0.25, -0.2) is 0 Å². The Morgan fingerprint density at radius 2 is 2.00 bits per heavy atom. The molecule has 15 heavy (non-hydrogen) atoms. The molecule has 1 aromatic rings. The van der Waals surface area contributed by atoms with Crippen LogP contribution in [0.3, 0.4) is 0 Å². The van der Waals surface area contributed by atoms with Crippen LogP contribution in [0.5, 0.6) is 0 Å². The predicted octanol–water partition coefficient (Wildman–Crippen LogP) is 1.35. The van der Waals surface area contributed by atoms with Gasteiger partial charge < -0.3 is 0 Å². The van der Waals surface area contributed by atoms with Crippen molar-refractivity contribution in [1.29, 1.82) is 0 Å². The van der Waals surface area contributed by atoms with Crippen LogP contribution in [0.2, 0.25) is 0 Å². The lowest BCUT2D eigenvalue weighted by molar-refractivity contribution is 0.189. The van der Waals surface area contributed by atoms with E-state index < -0.39 is 0 Å². The molecule has 2 heterocycles. The van der Waals surface area contributed by atoms with Gasteiger partial charge in [0.15, 0.2) is 0 Å². The molecule has 1 aromatic heterocycles. The molecule has 4 heteroatoms. The number of aromatic nitrogens is 1. The molecule has 0 aliphatic carbocycles. The second kappa shape index (κ2) is 4.96. The summed E-state index contributed by atoms with van der Waals surface area (Å²) in [6.07, 6.45) is 1.93. The van der Waals surface area contributed by atoms with Crippen LogP contribution in [0.1, 0.15) is 11.3 Å². The standard InChI is InChI=1S/C11H17N3S/c1-10-2-3-11(12-8-10)9-13-4-6-14(15)7-5-13/h2-3,8,15H,4-7,9H2,1H3. The molecule has 0 N–H and O–H groups in total. The zero-order chi connectivity index (χ0) is 10.7. The highest BCUT2D eigenvalue weighted by Crippen LogP contribution is 2.08. The first-order valence-electron chi connectivity index (χ1n) is 5.32. The van der Waals surface area contributed by atoms with Gasteiger partial charge in [-0.3, -0.25) is 14.2 Å². The van der Waals surface area contributed by atoms with Gasteiger partial charge in [0.2, 0.25) is 0 Å². The summed E-state index contributed by atoms with van der Waals surface area (Å²) in [6, 6.07) is 4.24. The van der Waals surface area contributed by atoms with Crippen molar-refractivity contribution in [2.75, 3.05) is 26.2 Å². The topological polar surface area (TPSA) is 19.4 Å². The predicted molar refractivity (Wildman–Crippen MR) is 64.8 cm³/mol. The average Bonchev–Trinajstić information content (AvgIpc) is 2.25. The van der Waals surface area contributed by atoms with E-state index in [1.807, 2.05) is 6.20 Å². The van der Waals surface area contributed by atoms with Crippen molar-refractivity contribution in [3.05, 3.63) is 29.6 Å². The van der Waals surface area contributed by atoms with Crippen LogP contribution >= 0.6 is 12.8 Å². The number of hydrogen-bond acceptors (Lipinski definition) is 4. The molecule has 0 spiro atoms. The van der Waals surface area contributed by atoms with E-state index in [2.05, 4.69) is 46.1 Å². The second-order valence-corrected chi connectivity index (χ2v) is 4.62. The summed E-state index contributed by atoms with van der Waals surface area (Å²) in [5.74, 6) is 0. The highest BCUT2D eigenvalue weighted by molar-refractivity contribution is 7.77. The lowest BCUT2D eigenvalue weighted by atomic mass is 10.2. The molecule has 1 fully saturated rings.